The van der Waals surface area contributed by atoms with E-state index in [1.165, 1.54) is 0 Å². The zero-order chi connectivity index (χ0) is 14.5. The minimum absolute atomic E-state index is 0.217. The van der Waals surface area contributed by atoms with Gasteiger partial charge in [0.25, 0.3) is 5.69 Å². The Kier molecular flexibility index (Phi) is 4.95. The van der Waals surface area contributed by atoms with Gasteiger partial charge in [-0.2, -0.15) is 0 Å². The predicted molar refractivity (Wildman–Crippen MR) is 81.4 cm³/mol. The van der Waals surface area contributed by atoms with E-state index >= 15 is 0 Å². The third-order valence-corrected chi connectivity index (χ3v) is 3.81. The summed E-state index contributed by atoms with van der Waals surface area (Å²) < 4.78 is 0. The second-order valence-corrected chi connectivity index (χ2v) is 5.44. The Morgan fingerprint density at radius 1 is 1.50 bits per heavy atom. The molecule has 1 N–H and O–H groups in total. The van der Waals surface area contributed by atoms with Crippen molar-refractivity contribution in [3.8, 4) is 0 Å². The van der Waals surface area contributed by atoms with E-state index in [-0.39, 0.29) is 10.6 Å². The maximum absolute atomic E-state index is 11.3. The van der Waals surface area contributed by atoms with E-state index < -0.39 is 0 Å². The molecule has 1 unspecified atom stereocenters. The summed E-state index contributed by atoms with van der Waals surface area (Å²) in [5.74, 6) is 0. The SMILES string of the molecule is CCCN(c1cc(C)ccc1[N+](=O)[O-])C1CCCNC1. The largest absolute Gasteiger partial charge is 0.362 e. The van der Waals surface area contributed by atoms with E-state index in [1.807, 2.05) is 19.1 Å². The fourth-order valence-corrected chi connectivity index (χ4v) is 2.86. The minimum Gasteiger partial charge on any atom is -0.362 e. The number of nitrogens with one attached hydrogen (secondary N) is 1. The normalized spacial score (nSPS) is 18.8. The molecule has 0 saturated carbocycles. The lowest BCUT2D eigenvalue weighted by Gasteiger charge is -2.36. The van der Waals surface area contributed by atoms with Crippen molar-refractivity contribution in [1.82, 2.24) is 5.32 Å². The highest BCUT2D eigenvalue weighted by Crippen LogP contribution is 2.32. The molecule has 5 heteroatoms. The molecule has 0 spiro atoms. The van der Waals surface area contributed by atoms with Crippen LogP contribution in [-0.2, 0) is 0 Å². The zero-order valence-electron chi connectivity index (χ0n) is 12.3. The summed E-state index contributed by atoms with van der Waals surface area (Å²) in [5.41, 5.74) is 2.05. The standard InChI is InChI=1S/C15H23N3O2/c1-3-9-17(13-5-4-8-16-11-13)15-10-12(2)6-7-14(15)18(19)20/h6-7,10,13,16H,3-5,8-9,11H2,1-2H3. The number of nitro benzene ring substituents is 1. The first kappa shape index (κ1) is 14.8. The Morgan fingerprint density at radius 2 is 2.30 bits per heavy atom. The van der Waals surface area contributed by atoms with E-state index in [1.54, 1.807) is 6.07 Å². The first-order valence-corrected chi connectivity index (χ1v) is 7.36. The molecule has 1 aliphatic rings. The van der Waals surface area contributed by atoms with Gasteiger partial charge in [0.1, 0.15) is 5.69 Å². The van der Waals surface area contributed by atoms with Crippen molar-refractivity contribution >= 4 is 11.4 Å². The molecule has 2 rings (SSSR count). The molecule has 1 heterocycles. The van der Waals surface area contributed by atoms with Gasteiger partial charge in [-0.05, 0) is 44.4 Å². The molecule has 1 aromatic rings. The van der Waals surface area contributed by atoms with Crippen LogP contribution in [0.1, 0.15) is 31.7 Å². The summed E-state index contributed by atoms with van der Waals surface area (Å²) >= 11 is 0. The van der Waals surface area contributed by atoms with E-state index in [4.69, 9.17) is 0 Å². The van der Waals surface area contributed by atoms with Gasteiger partial charge in [0, 0.05) is 25.2 Å². The number of hydrogen-bond donors (Lipinski definition) is 1. The Balaban J connectivity index is 2.36. The smallest absolute Gasteiger partial charge is 0.292 e. The van der Waals surface area contributed by atoms with Gasteiger partial charge in [0.2, 0.25) is 0 Å². The van der Waals surface area contributed by atoms with Gasteiger partial charge in [-0.1, -0.05) is 13.0 Å². The topological polar surface area (TPSA) is 58.4 Å². The molecule has 1 fully saturated rings. The van der Waals surface area contributed by atoms with Gasteiger partial charge >= 0.3 is 0 Å². The van der Waals surface area contributed by atoms with Crippen molar-refractivity contribution in [2.24, 2.45) is 0 Å². The highest BCUT2D eigenvalue weighted by molar-refractivity contribution is 5.65. The van der Waals surface area contributed by atoms with Gasteiger partial charge in [-0.25, -0.2) is 0 Å². The number of piperidine rings is 1. The van der Waals surface area contributed by atoms with Crippen LogP contribution in [0.25, 0.3) is 0 Å². The summed E-state index contributed by atoms with van der Waals surface area (Å²) in [5, 5.41) is 14.7. The van der Waals surface area contributed by atoms with Crippen LogP contribution in [0.4, 0.5) is 11.4 Å². The van der Waals surface area contributed by atoms with Crippen LogP contribution in [-0.4, -0.2) is 30.6 Å². The molecular weight excluding hydrogens is 254 g/mol. The maximum atomic E-state index is 11.3. The summed E-state index contributed by atoms with van der Waals surface area (Å²) in [7, 11) is 0. The number of nitro groups is 1. The number of aryl methyl sites for hydroxylation is 1. The quantitative estimate of drug-likeness (QED) is 0.664. The number of hydrogen-bond acceptors (Lipinski definition) is 4. The molecule has 1 aliphatic heterocycles. The molecule has 1 aromatic carbocycles. The second-order valence-electron chi connectivity index (χ2n) is 5.44. The lowest BCUT2D eigenvalue weighted by Crippen LogP contribution is -2.46. The van der Waals surface area contributed by atoms with E-state index in [0.717, 1.165) is 50.1 Å². The molecule has 0 bridgehead atoms. The number of rotatable bonds is 5. The first-order chi connectivity index (χ1) is 9.63. The monoisotopic (exact) mass is 277 g/mol. The van der Waals surface area contributed by atoms with Crippen LogP contribution in [0, 0.1) is 17.0 Å². The van der Waals surface area contributed by atoms with Crippen LogP contribution in [0.2, 0.25) is 0 Å². The van der Waals surface area contributed by atoms with Gasteiger partial charge in [0.15, 0.2) is 0 Å². The molecule has 0 amide bonds. The van der Waals surface area contributed by atoms with Gasteiger partial charge < -0.3 is 10.2 Å². The van der Waals surface area contributed by atoms with Crippen molar-refractivity contribution < 1.29 is 4.92 Å². The lowest BCUT2D eigenvalue weighted by molar-refractivity contribution is -0.384. The van der Waals surface area contributed by atoms with Gasteiger partial charge in [-0.3, -0.25) is 10.1 Å². The Bertz CT molecular complexity index is 470. The van der Waals surface area contributed by atoms with Gasteiger partial charge in [-0.15, -0.1) is 0 Å². The number of nitrogens with zero attached hydrogens (tertiary/aromatic N) is 2. The van der Waals surface area contributed by atoms with Crippen molar-refractivity contribution in [3.05, 3.63) is 33.9 Å². The minimum atomic E-state index is -0.270. The van der Waals surface area contributed by atoms with E-state index in [0.29, 0.717) is 6.04 Å². The van der Waals surface area contributed by atoms with Crippen molar-refractivity contribution in [3.63, 3.8) is 0 Å². The van der Waals surface area contributed by atoms with Crippen LogP contribution >= 0.6 is 0 Å². The predicted octanol–water partition coefficient (Wildman–Crippen LogP) is 2.87. The van der Waals surface area contributed by atoms with E-state index in [9.17, 15) is 10.1 Å². The molecule has 0 radical (unpaired) electrons. The summed E-state index contributed by atoms with van der Waals surface area (Å²) in [6.45, 7) is 6.91. The summed E-state index contributed by atoms with van der Waals surface area (Å²) in [6, 6.07) is 5.74. The third kappa shape index (κ3) is 3.28. The number of anilines is 1. The Hall–Kier alpha value is -1.62. The molecule has 0 aliphatic carbocycles. The molecule has 5 nitrogen and oxygen atoms in total. The Morgan fingerprint density at radius 3 is 2.90 bits per heavy atom. The number of benzene rings is 1. The van der Waals surface area contributed by atoms with Crippen LogP contribution in [0.3, 0.4) is 0 Å². The van der Waals surface area contributed by atoms with Crippen molar-refractivity contribution in [2.45, 2.75) is 39.2 Å². The van der Waals surface area contributed by atoms with Crippen LogP contribution in [0.5, 0.6) is 0 Å². The van der Waals surface area contributed by atoms with Gasteiger partial charge in [0.05, 0.1) is 4.92 Å². The molecule has 1 saturated heterocycles. The van der Waals surface area contributed by atoms with E-state index in [2.05, 4.69) is 17.1 Å². The van der Waals surface area contributed by atoms with Crippen LogP contribution < -0.4 is 10.2 Å². The average molecular weight is 277 g/mol. The molecular formula is C15H23N3O2. The fraction of sp³-hybridized carbons (Fsp3) is 0.600. The maximum Gasteiger partial charge on any atom is 0.292 e. The molecule has 20 heavy (non-hydrogen) atoms. The molecule has 0 aromatic heterocycles. The highest BCUT2D eigenvalue weighted by Gasteiger charge is 2.26. The second kappa shape index (κ2) is 6.70. The molecule has 1 atom stereocenters. The summed E-state index contributed by atoms with van der Waals surface area (Å²) in [6.07, 6.45) is 3.21. The lowest BCUT2D eigenvalue weighted by atomic mass is 10.0. The van der Waals surface area contributed by atoms with Crippen LogP contribution in [0.15, 0.2) is 18.2 Å². The summed E-state index contributed by atoms with van der Waals surface area (Å²) in [4.78, 5) is 13.2. The first-order valence-electron chi connectivity index (χ1n) is 7.36. The third-order valence-electron chi connectivity index (χ3n) is 3.81. The fourth-order valence-electron chi connectivity index (χ4n) is 2.86. The Labute approximate surface area is 120 Å². The highest BCUT2D eigenvalue weighted by atomic mass is 16.6. The van der Waals surface area contributed by atoms with Crippen molar-refractivity contribution in [1.29, 1.82) is 0 Å². The zero-order valence-corrected chi connectivity index (χ0v) is 12.3. The average Bonchev–Trinajstić information content (AvgIpc) is 2.45. The molecule has 110 valence electrons. The van der Waals surface area contributed by atoms with Crippen molar-refractivity contribution in [2.75, 3.05) is 24.5 Å².